The van der Waals surface area contributed by atoms with Gasteiger partial charge in [-0.05, 0) is 136 Å². The first-order valence-corrected chi connectivity index (χ1v) is 25.2. The Morgan fingerprint density at radius 3 is 1.83 bits per heavy atom. The van der Waals surface area contributed by atoms with E-state index in [0.29, 0.717) is 30.7 Å². The van der Waals surface area contributed by atoms with E-state index < -0.39 is 54.6 Å². The molecule has 0 aliphatic heterocycles. The van der Waals surface area contributed by atoms with Crippen molar-refractivity contribution in [3.63, 3.8) is 0 Å². The van der Waals surface area contributed by atoms with Crippen LogP contribution in [0.25, 0.3) is 10.9 Å². The molecule has 3 aromatic rings. The lowest BCUT2D eigenvalue weighted by Crippen LogP contribution is -2.46. The maximum atomic E-state index is 14.0. The number of benzene rings is 2. The van der Waals surface area contributed by atoms with Gasteiger partial charge in [0.1, 0.15) is 22.3 Å². The number of non-ortho nitro benzene ring substituents is 1. The van der Waals surface area contributed by atoms with Crippen LogP contribution in [-0.4, -0.2) is 84.6 Å². The lowest BCUT2D eigenvalue weighted by atomic mass is 10.0. The summed E-state index contributed by atoms with van der Waals surface area (Å²) in [5, 5.41) is 11.3. The molecule has 0 spiro atoms. The molecule has 1 atom stereocenters. The van der Waals surface area contributed by atoms with Crippen LogP contribution in [0.1, 0.15) is 139 Å². The van der Waals surface area contributed by atoms with E-state index in [0.717, 1.165) is 50.5 Å². The highest BCUT2D eigenvalue weighted by Gasteiger charge is 2.41. The Bertz CT molecular complexity index is 2010. The van der Waals surface area contributed by atoms with Crippen molar-refractivity contribution in [3.05, 3.63) is 69.8 Å². The summed E-state index contributed by atoms with van der Waals surface area (Å²) in [5.74, 6) is -0.000733. The summed E-state index contributed by atoms with van der Waals surface area (Å²) in [7, 11) is -2.52. The number of unbranched alkanes of at least 4 members (excludes halogenated alkanes) is 4. The van der Waals surface area contributed by atoms with Gasteiger partial charge in [-0.15, -0.1) is 0 Å². The number of hydrogen-bond donors (Lipinski definition) is 0. The monoisotopic (exact) mass is 911 g/mol. The van der Waals surface area contributed by atoms with E-state index in [9.17, 15) is 24.5 Å². The summed E-state index contributed by atoms with van der Waals surface area (Å²) in [5.41, 5.74) is -0.318. The Morgan fingerprint density at radius 1 is 0.703 bits per heavy atom. The van der Waals surface area contributed by atoms with Crippen LogP contribution in [0.4, 0.5) is 20.1 Å². The van der Waals surface area contributed by atoms with Gasteiger partial charge in [-0.1, -0.05) is 51.8 Å². The van der Waals surface area contributed by atoms with E-state index in [4.69, 9.17) is 32.8 Å². The molecule has 0 aliphatic rings. The van der Waals surface area contributed by atoms with Crippen LogP contribution in [0.2, 0.25) is 18.1 Å². The normalized spacial score (nSPS) is 13.0. The van der Waals surface area contributed by atoms with Gasteiger partial charge < -0.3 is 37.7 Å². The van der Waals surface area contributed by atoms with Gasteiger partial charge in [0.25, 0.3) is 5.69 Å². The third-order valence-electron chi connectivity index (χ3n) is 10.2. The van der Waals surface area contributed by atoms with Crippen molar-refractivity contribution in [2.75, 3.05) is 26.3 Å². The number of nitrogens with zero attached hydrogens (tertiary/aromatic N) is 3. The molecule has 0 fully saturated rings. The van der Waals surface area contributed by atoms with E-state index in [1.165, 1.54) is 18.2 Å². The first kappa shape index (κ1) is 53.5. The fourth-order valence-electron chi connectivity index (χ4n) is 6.13. The second kappa shape index (κ2) is 22.9. The topological polar surface area (TPSA) is 175 Å². The fourth-order valence-corrected chi connectivity index (χ4v) is 7.39. The zero-order valence-corrected chi connectivity index (χ0v) is 41.7. The van der Waals surface area contributed by atoms with Crippen molar-refractivity contribution in [2.24, 2.45) is 0 Å². The van der Waals surface area contributed by atoms with Crippen LogP contribution >= 0.6 is 0 Å². The van der Waals surface area contributed by atoms with Crippen molar-refractivity contribution in [1.82, 2.24) is 9.88 Å². The predicted molar refractivity (Wildman–Crippen MR) is 250 cm³/mol. The van der Waals surface area contributed by atoms with Crippen LogP contribution in [0, 0.1) is 10.1 Å². The molecular weight excluding hydrogens is 839 g/mol. The summed E-state index contributed by atoms with van der Waals surface area (Å²) < 4.78 is 41.0. The summed E-state index contributed by atoms with van der Waals surface area (Å²) in [6, 6.07) is 13.3. The molecule has 3 rings (SSSR count). The third kappa shape index (κ3) is 18.7. The van der Waals surface area contributed by atoms with Gasteiger partial charge in [-0.2, -0.15) is 0 Å². The number of carbonyl (C=O) groups excluding carboxylic acids is 3. The SMILES string of the molecule is CC(C)(C)OC(=O)Oc1ccc2c([C@H](CN(CCCCCCOCCCCc3ccc([N+](=O)[O-])cc3)C(=O)OC(C)(C)C)O[Si](C)(C)C(C)(C)C)ccc(OC(=O)OC(C)(C)C)c2n1. The Balaban J connectivity index is 1.84. The number of amides is 1. The summed E-state index contributed by atoms with van der Waals surface area (Å²) in [4.78, 5) is 56.5. The highest BCUT2D eigenvalue weighted by Crippen LogP contribution is 2.42. The Labute approximate surface area is 381 Å². The lowest BCUT2D eigenvalue weighted by Gasteiger charge is -2.41. The Morgan fingerprint density at radius 2 is 1.27 bits per heavy atom. The first-order chi connectivity index (χ1) is 29.5. The molecule has 1 heterocycles. The number of pyridine rings is 1. The molecule has 0 saturated heterocycles. The van der Waals surface area contributed by atoms with E-state index >= 15 is 0 Å². The number of nitro benzene ring substituents is 1. The number of aryl methyl sites for hydroxylation is 1. The zero-order chi connectivity index (χ0) is 48.1. The van der Waals surface area contributed by atoms with Crippen LogP contribution < -0.4 is 9.47 Å². The van der Waals surface area contributed by atoms with Crippen LogP contribution in [0.5, 0.6) is 11.6 Å². The molecule has 0 unspecified atom stereocenters. The molecular formula is C48H73N3O12Si. The molecule has 356 valence electrons. The van der Waals surface area contributed by atoms with Gasteiger partial charge in [0.15, 0.2) is 14.1 Å². The molecule has 0 saturated carbocycles. The molecule has 16 heteroatoms. The Hall–Kier alpha value is -4.80. The summed E-state index contributed by atoms with van der Waals surface area (Å²) in [6.07, 6.45) is 3.02. The van der Waals surface area contributed by atoms with Crippen LogP contribution in [0.3, 0.4) is 0 Å². The standard InChI is InChI=1S/C48H73N3O12Si/c1-45(2,3)60-42(52)50(30-18-15-16-19-31-57-32-20-17-21-34-22-24-35(25-23-34)51(55)56)33-39(63-64(13,14)48(10,11)12)36-26-28-38(58-43(53)61-46(4,5)6)41-37(36)27-29-40(49-41)59-44(54)62-47(7,8)9/h22-29,39H,15-21,30-33H2,1-14H3/t39-/m0/s1. The van der Waals surface area contributed by atoms with Crippen molar-refractivity contribution in [1.29, 1.82) is 0 Å². The molecule has 0 radical (unpaired) electrons. The zero-order valence-electron chi connectivity index (χ0n) is 40.7. The van der Waals surface area contributed by atoms with Gasteiger partial charge in [-0.3, -0.25) is 10.1 Å². The quantitative estimate of drug-likeness (QED) is 0.0199. The smallest absolute Gasteiger partial charge is 0.444 e. The minimum atomic E-state index is -2.52. The second-order valence-corrected chi connectivity index (χ2v) is 25.3. The lowest BCUT2D eigenvalue weighted by molar-refractivity contribution is -0.384. The number of ether oxygens (including phenoxy) is 6. The van der Waals surface area contributed by atoms with Crippen molar-refractivity contribution < 1.29 is 52.2 Å². The van der Waals surface area contributed by atoms with Crippen LogP contribution in [0.15, 0.2) is 48.5 Å². The number of rotatable bonds is 20. The maximum Gasteiger partial charge on any atom is 0.515 e. The molecule has 15 nitrogen and oxygen atoms in total. The summed E-state index contributed by atoms with van der Waals surface area (Å²) >= 11 is 0. The van der Waals surface area contributed by atoms with Crippen molar-refractivity contribution in [2.45, 2.75) is 169 Å². The largest absolute Gasteiger partial charge is 0.515 e. The molecule has 0 aliphatic carbocycles. The third-order valence-corrected chi connectivity index (χ3v) is 14.7. The van der Waals surface area contributed by atoms with Crippen LogP contribution in [-0.2, 0) is 29.8 Å². The Kier molecular flexibility index (Phi) is 19.1. The highest BCUT2D eigenvalue weighted by molar-refractivity contribution is 6.74. The second-order valence-electron chi connectivity index (χ2n) is 20.5. The van der Waals surface area contributed by atoms with Gasteiger partial charge in [0.05, 0.1) is 17.6 Å². The van der Waals surface area contributed by atoms with Crippen molar-refractivity contribution in [3.8, 4) is 11.6 Å². The van der Waals surface area contributed by atoms with E-state index in [1.807, 2.05) is 20.8 Å². The number of carbonyl (C=O) groups is 3. The van der Waals surface area contributed by atoms with Gasteiger partial charge >= 0.3 is 18.4 Å². The van der Waals surface area contributed by atoms with E-state index in [1.54, 1.807) is 76.8 Å². The van der Waals surface area contributed by atoms with E-state index in [-0.39, 0.29) is 34.4 Å². The average molecular weight is 912 g/mol. The number of fused-ring (bicyclic) bond motifs is 1. The van der Waals surface area contributed by atoms with E-state index in [2.05, 4.69) is 38.8 Å². The molecule has 64 heavy (non-hydrogen) atoms. The molecule has 2 aromatic carbocycles. The van der Waals surface area contributed by atoms with Crippen molar-refractivity contribution >= 4 is 43.3 Å². The predicted octanol–water partition coefficient (Wildman–Crippen LogP) is 12.7. The molecule has 1 aromatic heterocycles. The number of aromatic nitrogens is 1. The number of hydrogen-bond acceptors (Lipinski definition) is 13. The molecule has 0 bridgehead atoms. The van der Waals surface area contributed by atoms with Gasteiger partial charge in [0.2, 0.25) is 5.88 Å². The average Bonchev–Trinajstić information content (AvgIpc) is 3.13. The maximum absolute atomic E-state index is 14.0. The minimum Gasteiger partial charge on any atom is -0.444 e. The minimum absolute atomic E-state index is 0.0731. The summed E-state index contributed by atoms with van der Waals surface area (Å²) in [6.45, 7) is 28.4. The van der Waals surface area contributed by atoms with Gasteiger partial charge in [0, 0.05) is 43.3 Å². The highest BCUT2D eigenvalue weighted by atomic mass is 28.4. The number of nitro groups is 1. The molecule has 1 amide bonds. The molecule has 0 N–H and O–H groups in total. The van der Waals surface area contributed by atoms with Gasteiger partial charge in [-0.25, -0.2) is 19.4 Å². The first-order valence-electron chi connectivity index (χ1n) is 22.3. The fraction of sp³-hybridized carbons (Fsp3) is 0.625.